The van der Waals surface area contributed by atoms with Gasteiger partial charge in [-0.3, -0.25) is 4.79 Å². The molecule has 1 unspecified atom stereocenters. The Bertz CT molecular complexity index is 501. The van der Waals surface area contributed by atoms with Crippen molar-refractivity contribution in [3.63, 3.8) is 0 Å². The zero-order chi connectivity index (χ0) is 14.8. The number of thioether (sulfide) groups is 1. The Balaban J connectivity index is 2.12. The van der Waals surface area contributed by atoms with E-state index in [0.29, 0.717) is 16.9 Å². The number of benzene rings is 1. The van der Waals surface area contributed by atoms with Crippen LogP contribution in [0.15, 0.2) is 22.7 Å². The lowest BCUT2D eigenvalue weighted by molar-refractivity contribution is -0.138. The molecule has 1 atom stereocenters. The Kier molecular flexibility index (Phi) is 5.01. The summed E-state index contributed by atoms with van der Waals surface area (Å²) in [7, 11) is 0. The molecule has 1 fully saturated rings. The highest BCUT2D eigenvalue weighted by Gasteiger charge is 2.35. The van der Waals surface area contributed by atoms with E-state index in [4.69, 9.17) is 0 Å². The molecule has 0 aliphatic carbocycles. The number of rotatable bonds is 3. The molecule has 1 saturated heterocycles. The summed E-state index contributed by atoms with van der Waals surface area (Å²) in [6.45, 7) is 0.430. The van der Waals surface area contributed by atoms with Gasteiger partial charge < -0.3 is 5.32 Å². The number of hydrogen-bond acceptors (Lipinski definition) is 2. The monoisotopic (exact) mass is 367 g/mol. The van der Waals surface area contributed by atoms with Crippen molar-refractivity contribution in [1.82, 2.24) is 5.32 Å². The molecule has 1 aliphatic heterocycles. The largest absolute Gasteiger partial charge is 0.417 e. The quantitative estimate of drug-likeness (QED) is 0.876. The van der Waals surface area contributed by atoms with Crippen LogP contribution in [0.4, 0.5) is 13.2 Å². The highest BCUT2D eigenvalue weighted by atomic mass is 79.9. The van der Waals surface area contributed by atoms with Gasteiger partial charge in [0.05, 0.1) is 11.1 Å². The number of hydrogen-bond donors (Lipinski definition) is 1. The molecule has 0 bridgehead atoms. The molecular formula is C13H13BrF3NOS. The fourth-order valence-electron chi connectivity index (χ4n) is 2.03. The number of nitrogens with one attached hydrogen (secondary N) is 1. The normalized spacial score (nSPS) is 19.1. The molecule has 2 nitrogen and oxygen atoms in total. The van der Waals surface area contributed by atoms with Gasteiger partial charge in [0.1, 0.15) is 0 Å². The van der Waals surface area contributed by atoms with Crippen molar-refractivity contribution < 1.29 is 18.0 Å². The van der Waals surface area contributed by atoms with Gasteiger partial charge in [0.15, 0.2) is 0 Å². The summed E-state index contributed by atoms with van der Waals surface area (Å²) in [6.07, 6.45) is -3.54. The maximum atomic E-state index is 12.9. The van der Waals surface area contributed by atoms with E-state index in [2.05, 4.69) is 21.2 Å². The summed E-state index contributed by atoms with van der Waals surface area (Å²) >= 11 is 4.80. The average molecular weight is 368 g/mol. The highest BCUT2D eigenvalue weighted by Crippen LogP contribution is 2.34. The molecule has 1 aromatic carbocycles. The fourth-order valence-corrected chi connectivity index (χ4v) is 3.67. The molecule has 1 aliphatic rings. The van der Waals surface area contributed by atoms with Crippen LogP contribution in [0.5, 0.6) is 0 Å². The summed E-state index contributed by atoms with van der Waals surface area (Å²) < 4.78 is 39.1. The van der Waals surface area contributed by atoms with Crippen molar-refractivity contribution in [2.24, 2.45) is 5.92 Å². The number of amides is 1. The van der Waals surface area contributed by atoms with Crippen molar-refractivity contribution in [3.05, 3.63) is 33.8 Å². The Morgan fingerprint density at radius 2 is 2.20 bits per heavy atom. The lowest BCUT2D eigenvalue weighted by atomic mass is 10.1. The minimum absolute atomic E-state index is 0.300. The van der Waals surface area contributed by atoms with Gasteiger partial charge in [-0.15, -0.1) is 0 Å². The zero-order valence-corrected chi connectivity index (χ0v) is 12.9. The maximum absolute atomic E-state index is 12.9. The standard InChI is InChI=1S/C13H13BrF3NOS/c14-9-1-2-10(11(5-9)13(15,16)17)12(19)18-6-8-3-4-20-7-8/h1-2,5,8H,3-4,6-7H2,(H,18,19). The van der Waals surface area contributed by atoms with Crippen LogP contribution >= 0.6 is 27.7 Å². The minimum atomic E-state index is -4.54. The Morgan fingerprint density at radius 1 is 1.45 bits per heavy atom. The van der Waals surface area contributed by atoms with Gasteiger partial charge in [-0.05, 0) is 42.0 Å². The first kappa shape index (κ1) is 15.7. The lowest BCUT2D eigenvalue weighted by Gasteiger charge is -2.15. The van der Waals surface area contributed by atoms with E-state index >= 15 is 0 Å². The van der Waals surface area contributed by atoms with Crippen LogP contribution < -0.4 is 5.32 Å². The van der Waals surface area contributed by atoms with Crippen LogP contribution in [0.1, 0.15) is 22.3 Å². The summed E-state index contributed by atoms with van der Waals surface area (Å²) in [6, 6.07) is 3.57. The molecular weight excluding hydrogens is 355 g/mol. The fraction of sp³-hybridized carbons (Fsp3) is 0.462. The van der Waals surface area contributed by atoms with Crippen molar-refractivity contribution in [3.8, 4) is 0 Å². The third-order valence-electron chi connectivity index (χ3n) is 3.11. The van der Waals surface area contributed by atoms with Gasteiger partial charge in [-0.2, -0.15) is 24.9 Å². The molecule has 0 radical (unpaired) electrons. The Hall–Kier alpha value is -0.690. The Labute approximate surface area is 127 Å². The van der Waals surface area contributed by atoms with Gasteiger partial charge in [-0.1, -0.05) is 15.9 Å². The van der Waals surface area contributed by atoms with E-state index in [1.165, 1.54) is 12.1 Å². The predicted molar refractivity (Wildman–Crippen MR) is 76.9 cm³/mol. The summed E-state index contributed by atoms with van der Waals surface area (Å²) in [5, 5.41) is 2.61. The average Bonchev–Trinajstić information content (AvgIpc) is 2.88. The minimum Gasteiger partial charge on any atom is -0.352 e. The lowest BCUT2D eigenvalue weighted by Crippen LogP contribution is -2.31. The first-order valence-electron chi connectivity index (χ1n) is 6.10. The highest BCUT2D eigenvalue weighted by molar-refractivity contribution is 9.10. The molecule has 20 heavy (non-hydrogen) atoms. The topological polar surface area (TPSA) is 29.1 Å². The molecule has 1 heterocycles. The molecule has 2 rings (SSSR count). The molecule has 110 valence electrons. The van der Waals surface area contributed by atoms with Crippen LogP contribution in [0.2, 0.25) is 0 Å². The molecule has 1 amide bonds. The molecule has 0 aromatic heterocycles. The molecule has 0 spiro atoms. The Morgan fingerprint density at radius 3 is 2.80 bits per heavy atom. The van der Waals surface area contributed by atoms with Crippen LogP contribution in [-0.2, 0) is 6.18 Å². The third-order valence-corrected chi connectivity index (χ3v) is 4.83. The van der Waals surface area contributed by atoms with Crippen molar-refractivity contribution >= 4 is 33.6 Å². The molecule has 1 aromatic rings. The third kappa shape index (κ3) is 3.91. The predicted octanol–water partition coefficient (Wildman–Crippen LogP) is 3.95. The number of alkyl halides is 3. The van der Waals surface area contributed by atoms with Crippen LogP contribution in [0.25, 0.3) is 0 Å². The van der Waals surface area contributed by atoms with E-state index in [1.807, 2.05) is 0 Å². The summed E-state index contributed by atoms with van der Waals surface area (Å²) in [4.78, 5) is 11.9. The second-order valence-corrected chi connectivity index (χ2v) is 6.69. The maximum Gasteiger partial charge on any atom is 0.417 e. The van der Waals surface area contributed by atoms with E-state index in [1.54, 1.807) is 11.8 Å². The van der Waals surface area contributed by atoms with Gasteiger partial charge in [0.2, 0.25) is 0 Å². The molecule has 1 N–H and O–H groups in total. The SMILES string of the molecule is O=C(NCC1CCSC1)c1ccc(Br)cc1C(F)(F)F. The van der Waals surface area contributed by atoms with Crippen molar-refractivity contribution in [1.29, 1.82) is 0 Å². The number of carbonyl (C=O) groups excluding carboxylic acids is 1. The van der Waals surface area contributed by atoms with Gasteiger partial charge in [-0.25, -0.2) is 0 Å². The van der Waals surface area contributed by atoms with E-state index in [0.717, 1.165) is 24.0 Å². The van der Waals surface area contributed by atoms with Gasteiger partial charge in [0.25, 0.3) is 5.91 Å². The van der Waals surface area contributed by atoms with Crippen LogP contribution in [0, 0.1) is 5.92 Å². The van der Waals surface area contributed by atoms with Gasteiger partial charge in [0, 0.05) is 11.0 Å². The molecule has 7 heteroatoms. The van der Waals surface area contributed by atoms with Crippen molar-refractivity contribution in [2.75, 3.05) is 18.1 Å². The van der Waals surface area contributed by atoms with Crippen LogP contribution in [0.3, 0.4) is 0 Å². The van der Waals surface area contributed by atoms with E-state index in [9.17, 15) is 18.0 Å². The number of halogens is 4. The number of carbonyl (C=O) groups is 1. The molecule has 0 saturated carbocycles. The zero-order valence-electron chi connectivity index (χ0n) is 10.5. The van der Waals surface area contributed by atoms with Gasteiger partial charge >= 0.3 is 6.18 Å². The van der Waals surface area contributed by atoms with E-state index < -0.39 is 17.6 Å². The first-order valence-corrected chi connectivity index (χ1v) is 8.05. The van der Waals surface area contributed by atoms with Crippen LogP contribution in [-0.4, -0.2) is 24.0 Å². The first-order chi connectivity index (χ1) is 9.38. The summed E-state index contributed by atoms with van der Waals surface area (Å²) in [5.41, 5.74) is -1.24. The second kappa shape index (κ2) is 6.39. The van der Waals surface area contributed by atoms with Crippen molar-refractivity contribution in [2.45, 2.75) is 12.6 Å². The van der Waals surface area contributed by atoms with E-state index in [-0.39, 0.29) is 5.56 Å². The summed E-state index contributed by atoms with van der Waals surface area (Å²) in [5.74, 6) is 1.69. The second-order valence-electron chi connectivity index (χ2n) is 4.63. The smallest absolute Gasteiger partial charge is 0.352 e.